The van der Waals surface area contributed by atoms with Gasteiger partial charge in [-0.15, -0.1) is 17.0 Å². The Kier molecular flexibility index (Phi) is 10.5. The highest BCUT2D eigenvalue weighted by Crippen LogP contribution is 2.74. The van der Waals surface area contributed by atoms with Gasteiger partial charge in [-0.1, -0.05) is 49.7 Å². The maximum absolute atomic E-state index is 13.1. The number of nitrogens with zero attached hydrogens (tertiary/aromatic N) is 1. The number of pyridine rings is 1. The van der Waals surface area contributed by atoms with E-state index >= 15 is 0 Å². The lowest BCUT2D eigenvalue weighted by molar-refractivity contribution is -0.757. The van der Waals surface area contributed by atoms with Crippen molar-refractivity contribution >= 4 is 44.9 Å². The van der Waals surface area contributed by atoms with E-state index in [4.69, 9.17) is 4.74 Å². The number of hydrogen-bond donors (Lipinski definition) is 3. The summed E-state index contributed by atoms with van der Waals surface area (Å²) in [6, 6.07) is 5.95. The van der Waals surface area contributed by atoms with Crippen molar-refractivity contribution in [3.63, 3.8) is 0 Å². The van der Waals surface area contributed by atoms with Crippen molar-refractivity contribution in [1.29, 1.82) is 0 Å². The zero-order chi connectivity index (χ0) is 32.4. The molecule has 0 radical (unpaired) electrons. The number of hydrogen-bond acceptors (Lipinski definition) is 5. The number of carboxylic acids is 1. The molecule has 4 fully saturated rings. The van der Waals surface area contributed by atoms with Crippen LogP contribution in [0.25, 0.3) is 0 Å². The van der Waals surface area contributed by atoms with Crippen LogP contribution in [0.3, 0.4) is 0 Å². The van der Waals surface area contributed by atoms with E-state index in [1.54, 1.807) is 0 Å². The summed E-state index contributed by atoms with van der Waals surface area (Å²) in [5, 5.41) is 33.5. The van der Waals surface area contributed by atoms with E-state index in [2.05, 4.69) is 62.0 Å². The summed E-state index contributed by atoms with van der Waals surface area (Å²) in [7, 11) is 0. The number of esters is 1. The Morgan fingerprint density at radius 3 is 2.31 bits per heavy atom. The van der Waals surface area contributed by atoms with Gasteiger partial charge in [-0.05, 0) is 96.9 Å². The fourth-order valence-electron chi connectivity index (χ4n) is 10.9. The fraction of sp³-hybridized carbons (Fsp3) is 0.750. The highest BCUT2D eigenvalue weighted by Gasteiger charge is 2.70. The van der Waals surface area contributed by atoms with Gasteiger partial charge in [0.1, 0.15) is 6.10 Å². The zero-order valence-electron chi connectivity index (χ0n) is 28.0. The van der Waals surface area contributed by atoms with E-state index in [1.807, 2.05) is 30.6 Å². The lowest BCUT2D eigenvalue weighted by Gasteiger charge is -2.69. The van der Waals surface area contributed by atoms with Crippen LogP contribution in [0.2, 0.25) is 0 Å². The summed E-state index contributed by atoms with van der Waals surface area (Å²) < 4.78 is 8.12. The fourth-order valence-corrected chi connectivity index (χ4v) is 11.3. The maximum Gasteiger partial charge on any atom is 0.331 e. The number of carboxylic acid groups (broad SMARTS) is 1. The first kappa shape index (κ1) is 36.5. The van der Waals surface area contributed by atoms with Crippen molar-refractivity contribution in [3.05, 3.63) is 41.7 Å². The van der Waals surface area contributed by atoms with Gasteiger partial charge in [0.05, 0.1) is 17.0 Å². The third-order valence-electron chi connectivity index (χ3n) is 13.4. The number of aliphatic carboxylic acids is 1. The number of aliphatic hydroxyl groups is 2. The van der Waals surface area contributed by atoms with Gasteiger partial charge in [0.15, 0.2) is 17.9 Å². The van der Waals surface area contributed by atoms with Crippen LogP contribution in [0.5, 0.6) is 0 Å². The molecule has 252 valence electrons. The molecule has 5 rings (SSSR count). The molecule has 1 aromatic rings. The molecule has 1 aromatic heterocycles. The standard InChI is InChI=1S/C36H52BrNO6.BrH/c1-21-24-13-16-35(6)31(34(24,5)15-14-26(21)40)27(41)19-25-30(28(44-22(2)39)20-36(25,35)7)23(32(42)43)11-12-29(37)33(3,4)38-17-9-8-10-18-38;/h8-10,17-18,21,24-29,31,40-41H,11-16,19-20H2,1-7H3;1H/p+1/b30-23-;/t21-,24-,25-,26-,27+,28-,29?,31-,34-,35-,36-;/m0./s1. The summed E-state index contributed by atoms with van der Waals surface area (Å²) in [6.45, 7) is 14.7. The largest absolute Gasteiger partial charge is 0.478 e. The number of carbonyl (C=O) groups excluding carboxylic acids is 1. The van der Waals surface area contributed by atoms with Gasteiger partial charge in [0.25, 0.3) is 0 Å². The minimum Gasteiger partial charge on any atom is -0.478 e. The van der Waals surface area contributed by atoms with E-state index < -0.39 is 24.1 Å². The monoisotopic (exact) mass is 754 g/mol. The van der Waals surface area contributed by atoms with Gasteiger partial charge in [-0.3, -0.25) is 4.79 Å². The van der Waals surface area contributed by atoms with Crippen LogP contribution in [0.1, 0.15) is 99.8 Å². The molecule has 4 aliphatic carbocycles. The Bertz CT molecular complexity index is 1300. The van der Waals surface area contributed by atoms with Gasteiger partial charge < -0.3 is 20.1 Å². The van der Waals surface area contributed by atoms with Crippen molar-refractivity contribution < 1.29 is 34.2 Å². The topological polar surface area (TPSA) is 108 Å². The van der Waals surface area contributed by atoms with Gasteiger partial charge in [-0.25, -0.2) is 4.79 Å². The summed E-state index contributed by atoms with van der Waals surface area (Å²) in [4.78, 5) is 25.5. The number of aromatic nitrogens is 1. The second kappa shape index (κ2) is 13.0. The predicted molar refractivity (Wildman–Crippen MR) is 182 cm³/mol. The molecule has 0 aromatic carbocycles. The normalized spacial score (nSPS) is 41.1. The molecule has 0 aliphatic heterocycles. The number of halogens is 2. The van der Waals surface area contributed by atoms with Crippen molar-refractivity contribution in [2.75, 3.05) is 0 Å². The Morgan fingerprint density at radius 2 is 1.71 bits per heavy atom. The first-order valence-electron chi connectivity index (χ1n) is 16.6. The third-order valence-corrected chi connectivity index (χ3v) is 15.0. The molecular weight excluding hydrogens is 702 g/mol. The summed E-state index contributed by atoms with van der Waals surface area (Å²) in [5.41, 5.74) is -0.0357. The van der Waals surface area contributed by atoms with Crippen LogP contribution in [0.4, 0.5) is 0 Å². The van der Waals surface area contributed by atoms with E-state index in [0.29, 0.717) is 42.7 Å². The van der Waals surface area contributed by atoms with E-state index in [0.717, 1.165) is 25.7 Å². The number of fused-ring (bicyclic) bond motifs is 5. The molecule has 3 N–H and O–H groups in total. The molecule has 0 bridgehead atoms. The smallest absolute Gasteiger partial charge is 0.331 e. The molecule has 4 saturated carbocycles. The second-order valence-electron chi connectivity index (χ2n) is 15.8. The number of ether oxygens (including phenoxy) is 1. The highest BCUT2D eigenvalue weighted by molar-refractivity contribution is 9.09. The quantitative estimate of drug-likeness (QED) is 0.123. The molecule has 0 amide bonds. The molecule has 45 heavy (non-hydrogen) atoms. The molecule has 4 aliphatic rings. The minimum absolute atomic E-state index is 0. The predicted octanol–water partition coefficient (Wildman–Crippen LogP) is 6.76. The first-order valence-corrected chi connectivity index (χ1v) is 17.5. The Morgan fingerprint density at radius 1 is 1.07 bits per heavy atom. The highest BCUT2D eigenvalue weighted by atomic mass is 79.9. The number of alkyl halides is 1. The summed E-state index contributed by atoms with van der Waals surface area (Å²) >= 11 is 3.89. The van der Waals surface area contributed by atoms with Crippen molar-refractivity contribution in [1.82, 2.24) is 0 Å². The van der Waals surface area contributed by atoms with Gasteiger partial charge in [-0.2, -0.15) is 4.57 Å². The molecule has 1 heterocycles. The van der Waals surface area contributed by atoms with E-state index in [1.165, 1.54) is 6.92 Å². The zero-order valence-corrected chi connectivity index (χ0v) is 31.3. The molecular formula is C36H54Br2NO6+. The molecule has 0 spiro atoms. The van der Waals surface area contributed by atoms with Crippen molar-refractivity contribution in [2.24, 2.45) is 39.9 Å². The molecule has 0 saturated heterocycles. The lowest BCUT2D eigenvalue weighted by Crippen LogP contribution is -2.65. The maximum atomic E-state index is 13.1. The van der Waals surface area contributed by atoms with Crippen molar-refractivity contribution in [2.45, 2.75) is 129 Å². The summed E-state index contributed by atoms with van der Waals surface area (Å²) in [5.74, 6) is -1.06. The Hall–Kier alpha value is -1.29. The third kappa shape index (κ3) is 5.88. The Labute approximate surface area is 288 Å². The van der Waals surface area contributed by atoms with Gasteiger partial charge >= 0.3 is 11.9 Å². The van der Waals surface area contributed by atoms with Crippen LogP contribution in [0.15, 0.2) is 41.7 Å². The number of carbonyl (C=O) groups is 2. The van der Waals surface area contributed by atoms with Gasteiger partial charge in [0.2, 0.25) is 0 Å². The average Bonchev–Trinajstić information content (AvgIpc) is 3.22. The van der Waals surface area contributed by atoms with Gasteiger partial charge in [0, 0.05) is 38.5 Å². The van der Waals surface area contributed by atoms with Crippen LogP contribution >= 0.6 is 32.9 Å². The minimum atomic E-state index is -0.973. The summed E-state index contributed by atoms with van der Waals surface area (Å²) in [6.07, 6.45) is 7.91. The first-order chi connectivity index (χ1) is 20.5. The van der Waals surface area contributed by atoms with Crippen LogP contribution < -0.4 is 4.57 Å². The Balaban J connectivity index is 0.00000461. The van der Waals surface area contributed by atoms with Crippen LogP contribution in [-0.4, -0.2) is 50.4 Å². The molecule has 1 unspecified atom stereocenters. The molecule has 7 nitrogen and oxygen atoms in total. The van der Waals surface area contributed by atoms with Crippen LogP contribution in [0, 0.1) is 39.9 Å². The molecule has 9 heteroatoms. The SMILES string of the molecule is Br.CC(=O)O[C@H]1C[C@@]2(C)[C@@H](C[C@@H](O)[C@H]3[C@@]4(C)CC[C@H](O)[C@@H](C)[C@@H]4CC[C@@]32C)/C1=C(\CCC(Br)C(C)(C)[n+]1ccccc1)C(=O)O. The second-order valence-corrected chi connectivity index (χ2v) is 16.9. The lowest BCUT2D eigenvalue weighted by atomic mass is 9.36. The van der Waals surface area contributed by atoms with E-state index in [9.17, 15) is 24.9 Å². The average molecular weight is 757 g/mol. The number of rotatable bonds is 7. The van der Waals surface area contributed by atoms with Crippen LogP contribution in [-0.2, 0) is 19.9 Å². The number of aliphatic hydroxyl groups excluding tert-OH is 2. The van der Waals surface area contributed by atoms with E-state index in [-0.39, 0.29) is 67.5 Å². The molecule has 11 atom stereocenters. The van der Waals surface area contributed by atoms with Crippen molar-refractivity contribution in [3.8, 4) is 0 Å².